The van der Waals surface area contributed by atoms with Crippen LogP contribution in [0.2, 0.25) is 0 Å². The van der Waals surface area contributed by atoms with Gasteiger partial charge in [0.2, 0.25) is 5.91 Å². The van der Waals surface area contributed by atoms with Crippen LogP contribution in [-0.2, 0) is 25.7 Å². The summed E-state index contributed by atoms with van der Waals surface area (Å²) in [5.41, 5.74) is 0.864. The van der Waals surface area contributed by atoms with Crippen LogP contribution in [0, 0.1) is 11.8 Å². The van der Waals surface area contributed by atoms with Gasteiger partial charge in [0.1, 0.15) is 12.6 Å². The fourth-order valence-corrected chi connectivity index (χ4v) is 2.97. The summed E-state index contributed by atoms with van der Waals surface area (Å²) in [5, 5.41) is 5.60. The van der Waals surface area contributed by atoms with Crippen LogP contribution in [0.4, 0.5) is 4.79 Å². The number of ether oxygens (including phenoxy) is 2. The van der Waals surface area contributed by atoms with Gasteiger partial charge in [0, 0.05) is 12.1 Å². The van der Waals surface area contributed by atoms with E-state index in [1.165, 1.54) is 6.08 Å². The van der Waals surface area contributed by atoms with E-state index in [2.05, 4.69) is 10.6 Å². The molecule has 31 heavy (non-hydrogen) atoms. The SMILES string of the molecule is CCOC(=O)/C=C/C(CC(C)C)NC(=O)C(CC(C)C)NC(=O)OCc1ccccc1. The van der Waals surface area contributed by atoms with Crippen molar-refractivity contribution in [3.8, 4) is 0 Å². The van der Waals surface area contributed by atoms with E-state index >= 15 is 0 Å². The van der Waals surface area contributed by atoms with Crippen molar-refractivity contribution in [1.29, 1.82) is 0 Å². The summed E-state index contributed by atoms with van der Waals surface area (Å²) in [6, 6.07) is 8.24. The average Bonchev–Trinajstić information content (AvgIpc) is 2.70. The van der Waals surface area contributed by atoms with Gasteiger partial charge in [-0.25, -0.2) is 9.59 Å². The first kappa shape index (κ1) is 26.2. The normalized spacial score (nSPS) is 13.1. The van der Waals surface area contributed by atoms with Crippen LogP contribution in [0.25, 0.3) is 0 Å². The predicted molar refractivity (Wildman–Crippen MR) is 120 cm³/mol. The van der Waals surface area contributed by atoms with Crippen molar-refractivity contribution >= 4 is 18.0 Å². The summed E-state index contributed by atoms with van der Waals surface area (Å²) >= 11 is 0. The highest BCUT2D eigenvalue weighted by atomic mass is 16.5. The highest BCUT2D eigenvalue weighted by Crippen LogP contribution is 2.10. The van der Waals surface area contributed by atoms with E-state index in [-0.39, 0.29) is 31.1 Å². The molecule has 0 saturated carbocycles. The van der Waals surface area contributed by atoms with Gasteiger partial charge in [0.25, 0.3) is 0 Å². The highest BCUT2D eigenvalue weighted by molar-refractivity contribution is 5.86. The number of alkyl carbamates (subject to hydrolysis) is 1. The molecule has 0 aliphatic rings. The van der Waals surface area contributed by atoms with E-state index in [9.17, 15) is 14.4 Å². The molecular formula is C24H36N2O5. The molecule has 0 aromatic heterocycles. The molecule has 0 saturated heterocycles. The van der Waals surface area contributed by atoms with E-state index in [0.29, 0.717) is 18.8 Å². The molecule has 0 heterocycles. The first-order chi connectivity index (χ1) is 14.7. The van der Waals surface area contributed by atoms with Gasteiger partial charge in [0.15, 0.2) is 0 Å². The molecule has 0 spiro atoms. The molecular weight excluding hydrogens is 396 g/mol. The molecule has 0 aliphatic heterocycles. The van der Waals surface area contributed by atoms with Gasteiger partial charge < -0.3 is 20.1 Å². The number of carbonyl (C=O) groups is 3. The third-order valence-corrected chi connectivity index (χ3v) is 4.33. The third kappa shape index (κ3) is 11.8. The molecule has 2 unspecified atom stereocenters. The Morgan fingerprint density at radius 2 is 1.58 bits per heavy atom. The van der Waals surface area contributed by atoms with E-state index < -0.39 is 18.1 Å². The summed E-state index contributed by atoms with van der Waals surface area (Å²) in [6.45, 7) is 10.2. The van der Waals surface area contributed by atoms with Crippen LogP contribution in [0.5, 0.6) is 0 Å². The Morgan fingerprint density at radius 1 is 0.935 bits per heavy atom. The second kappa shape index (κ2) is 14.2. The van der Waals surface area contributed by atoms with Crippen molar-refractivity contribution < 1.29 is 23.9 Å². The zero-order valence-corrected chi connectivity index (χ0v) is 19.2. The summed E-state index contributed by atoms with van der Waals surface area (Å²) in [5.74, 6) is -0.287. The number of benzene rings is 1. The summed E-state index contributed by atoms with van der Waals surface area (Å²) < 4.78 is 10.2. The van der Waals surface area contributed by atoms with Crippen LogP contribution >= 0.6 is 0 Å². The quantitative estimate of drug-likeness (QED) is 0.385. The maximum Gasteiger partial charge on any atom is 0.408 e. The van der Waals surface area contributed by atoms with Crippen LogP contribution in [0.1, 0.15) is 53.0 Å². The maximum absolute atomic E-state index is 12.9. The third-order valence-electron chi connectivity index (χ3n) is 4.33. The minimum Gasteiger partial charge on any atom is -0.463 e. The molecule has 1 aromatic carbocycles. The van der Waals surface area contributed by atoms with Gasteiger partial charge in [-0.1, -0.05) is 64.1 Å². The summed E-state index contributed by atoms with van der Waals surface area (Å²) in [6.07, 6.45) is 3.43. The number of carbonyl (C=O) groups excluding carboxylic acids is 3. The first-order valence-electron chi connectivity index (χ1n) is 10.8. The lowest BCUT2D eigenvalue weighted by Gasteiger charge is -2.23. The number of esters is 1. The second-order valence-corrected chi connectivity index (χ2v) is 8.24. The fraction of sp³-hybridized carbons (Fsp3) is 0.542. The minimum atomic E-state index is -0.742. The van der Waals surface area contributed by atoms with E-state index in [0.717, 1.165) is 5.56 Å². The maximum atomic E-state index is 12.9. The number of amides is 2. The fourth-order valence-electron chi connectivity index (χ4n) is 2.97. The molecule has 2 amide bonds. The Bertz CT molecular complexity index is 716. The van der Waals surface area contributed by atoms with Crippen molar-refractivity contribution in [2.45, 2.75) is 66.2 Å². The Labute approximate surface area is 185 Å². The smallest absolute Gasteiger partial charge is 0.408 e. The standard InChI is InChI=1S/C24H36N2O5/c1-6-30-22(27)13-12-20(14-17(2)3)25-23(28)21(15-18(4)5)26-24(29)31-16-19-10-8-7-9-11-19/h7-13,17-18,20-21H,6,14-16H2,1-5H3,(H,25,28)(H,26,29)/b13-12+. The Balaban J connectivity index is 2.76. The molecule has 2 N–H and O–H groups in total. The van der Waals surface area contributed by atoms with Crippen molar-refractivity contribution in [1.82, 2.24) is 10.6 Å². The largest absolute Gasteiger partial charge is 0.463 e. The number of hydrogen-bond donors (Lipinski definition) is 2. The highest BCUT2D eigenvalue weighted by Gasteiger charge is 2.24. The Kier molecular flexibility index (Phi) is 12.0. The predicted octanol–water partition coefficient (Wildman–Crippen LogP) is 3.98. The molecule has 7 heteroatoms. The Hall–Kier alpha value is -2.83. The Morgan fingerprint density at radius 3 is 2.16 bits per heavy atom. The van der Waals surface area contributed by atoms with Crippen LogP contribution < -0.4 is 10.6 Å². The molecule has 1 rings (SSSR count). The summed E-state index contributed by atoms with van der Waals surface area (Å²) in [7, 11) is 0. The van der Waals surface area contributed by atoms with Crippen molar-refractivity contribution in [3.05, 3.63) is 48.0 Å². The molecule has 0 bridgehead atoms. The molecule has 2 atom stereocenters. The molecule has 172 valence electrons. The second-order valence-electron chi connectivity index (χ2n) is 8.24. The van der Waals surface area contributed by atoms with E-state index in [4.69, 9.17) is 9.47 Å². The van der Waals surface area contributed by atoms with Gasteiger partial charge in [-0.15, -0.1) is 0 Å². The minimum absolute atomic E-state index is 0.126. The van der Waals surface area contributed by atoms with Crippen molar-refractivity contribution in [2.75, 3.05) is 6.61 Å². The van der Waals surface area contributed by atoms with Crippen molar-refractivity contribution in [3.63, 3.8) is 0 Å². The number of rotatable bonds is 12. The lowest BCUT2D eigenvalue weighted by atomic mass is 10.0. The zero-order chi connectivity index (χ0) is 23.2. The van der Waals surface area contributed by atoms with Gasteiger partial charge >= 0.3 is 12.1 Å². The van der Waals surface area contributed by atoms with Crippen LogP contribution in [0.3, 0.4) is 0 Å². The molecule has 7 nitrogen and oxygen atoms in total. The lowest BCUT2D eigenvalue weighted by molar-refractivity contribution is -0.137. The van der Waals surface area contributed by atoms with Gasteiger partial charge in [-0.2, -0.15) is 0 Å². The monoisotopic (exact) mass is 432 g/mol. The molecule has 1 aromatic rings. The summed E-state index contributed by atoms with van der Waals surface area (Å²) in [4.78, 5) is 36.8. The van der Waals surface area contributed by atoms with E-state index in [1.807, 2.05) is 58.0 Å². The van der Waals surface area contributed by atoms with Crippen LogP contribution in [-0.4, -0.2) is 36.7 Å². The number of nitrogens with one attached hydrogen (secondary N) is 2. The van der Waals surface area contributed by atoms with Crippen LogP contribution in [0.15, 0.2) is 42.5 Å². The topological polar surface area (TPSA) is 93.7 Å². The lowest BCUT2D eigenvalue weighted by Crippen LogP contribution is -2.50. The van der Waals surface area contributed by atoms with Gasteiger partial charge in [-0.05, 0) is 37.2 Å². The first-order valence-corrected chi connectivity index (χ1v) is 10.8. The van der Waals surface area contributed by atoms with Gasteiger partial charge in [0.05, 0.1) is 6.61 Å². The molecule has 0 radical (unpaired) electrons. The van der Waals surface area contributed by atoms with Crippen molar-refractivity contribution in [2.24, 2.45) is 11.8 Å². The molecule has 0 aliphatic carbocycles. The number of hydrogen-bond acceptors (Lipinski definition) is 5. The molecule has 0 fully saturated rings. The zero-order valence-electron chi connectivity index (χ0n) is 19.2. The average molecular weight is 433 g/mol. The van der Waals surface area contributed by atoms with Gasteiger partial charge in [-0.3, -0.25) is 4.79 Å². The van der Waals surface area contributed by atoms with E-state index in [1.54, 1.807) is 13.0 Å².